The summed E-state index contributed by atoms with van der Waals surface area (Å²) in [7, 11) is 0. The van der Waals surface area contributed by atoms with Gasteiger partial charge in [0.2, 0.25) is 17.7 Å². The molecule has 1 aromatic carbocycles. The van der Waals surface area contributed by atoms with Crippen LogP contribution >= 0.6 is 11.5 Å². The smallest absolute Gasteiger partial charge is 0.246 e. The number of hydrogen-bond acceptors (Lipinski definition) is 8. The first-order chi connectivity index (χ1) is 16.4. The Bertz CT molecular complexity index is 1070. The van der Waals surface area contributed by atoms with Crippen molar-refractivity contribution in [1.82, 2.24) is 25.1 Å². The first kappa shape index (κ1) is 26.7. The number of aliphatic hydroxyl groups is 2. The normalized spacial score (nSPS) is 19.8. The van der Waals surface area contributed by atoms with Crippen molar-refractivity contribution in [1.29, 1.82) is 0 Å². The molecule has 10 nitrogen and oxygen atoms in total. The number of carbonyl (C=O) groups excluding carboxylic acids is 3. The minimum absolute atomic E-state index is 0.0300. The maximum absolute atomic E-state index is 13.3. The van der Waals surface area contributed by atoms with E-state index in [9.17, 15) is 24.6 Å². The van der Waals surface area contributed by atoms with Crippen molar-refractivity contribution >= 4 is 29.3 Å². The first-order valence-electron chi connectivity index (χ1n) is 11.5. The van der Waals surface area contributed by atoms with Crippen molar-refractivity contribution in [2.45, 2.75) is 71.9 Å². The molecule has 0 saturated carbocycles. The lowest BCUT2D eigenvalue weighted by atomic mass is 9.85. The first-order valence-corrected chi connectivity index (χ1v) is 12.3. The summed E-state index contributed by atoms with van der Waals surface area (Å²) in [5.41, 5.74) is 1.66. The van der Waals surface area contributed by atoms with Gasteiger partial charge >= 0.3 is 0 Å². The Hall–Kier alpha value is -2.89. The molecule has 0 unspecified atom stereocenters. The maximum Gasteiger partial charge on any atom is 0.246 e. The van der Waals surface area contributed by atoms with Crippen molar-refractivity contribution < 1.29 is 24.6 Å². The van der Waals surface area contributed by atoms with Crippen LogP contribution < -0.4 is 10.6 Å². The number of rotatable bonds is 7. The van der Waals surface area contributed by atoms with E-state index in [0.29, 0.717) is 5.69 Å². The molecule has 0 radical (unpaired) electrons. The van der Waals surface area contributed by atoms with E-state index in [0.717, 1.165) is 16.0 Å². The second-order valence-electron chi connectivity index (χ2n) is 9.95. The van der Waals surface area contributed by atoms with Crippen LogP contribution in [-0.2, 0) is 21.0 Å². The van der Waals surface area contributed by atoms with Crippen LogP contribution in [0.25, 0.3) is 10.4 Å². The minimum atomic E-state index is -0.840. The number of nitrogens with zero attached hydrogens (tertiary/aromatic N) is 3. The highest BCUT2D eigenvalue weighted by atomic mass is 32.1. The average Bonchev–Trinajstić information content (AvgIpc) is 3.42. The largest absolute Gasteiger partial charge is 0.391 e. The fourth-order valence-electron chi connectivity index (χ4n) is 4.17. The van der Waals surface area contributed by atoms with Crippen molar-refractivity contribution in [2.24, 2.45) is 5.41 Å². The molecule has 4 atom stereocenters. The summed E-state index contributed by atoms with van der Waals surface area (Å²) in [6.07, 6.45) is -0.696. The van der Waals surface area contributed by atoms with Gasteiger partial charge in [0.25, 0.3) is 0 Å². The van der Waals surface area contributed by atoms with Gasteiger partial charge in [0.1, 0.15) is 17.8 Å². The Morgan fingerprint density at radius 2 is 1.86 bits per heavy atom. The van der Waals surface area contributed by atoms with E-state index in [1.165, 1.54) is 23.4 Å². The number of likely N-dealkylation sites (tertiary alicyclic amines) is 1. The summed E-state index contributed by atoms with van der Waals surface area (Å²) in [6.45, 7) is 8.54. The quantitative estimate of drug-likeness (QED) is 0.447. The Labute approximate surface area is 208 Å². The molecule has 3 rings (SSSR count). The number of aliphatic hydroxyl groups excluding tert-OH is 2. The standard InChI is InChI=1S/C24H33N5O5S/c1-13(15-6-8-16(9-7-15)20-18(12-30)27-28-35-20)25-22(33)19-10-17(32)11-29(19)23(34)21(24(3,4)5)26-14(2)31/h6-9,13,17,19,21,30,32H,10-12H2,1-5H3,(H,25,33)(H,26,31)/t13-,17+,19-,21+/m0/s1. The van der Waals surface area contributed by atoms with Crippen LogP contribution in [0.15, 0.2) is 24.3 Å². The Kier molecular flexibility index (Phi) is 8.24. The summed E-state index contributed by atoms with van der Waals surface area (Å²) in [4.78, 5) is 40.4. The van der Waals surface area contributed by atoms with Gasteiger partial charge < -0.3 is 25.7 Å². The molecule has 1 saturated heterocycles. The van der Waals surface area contributed by atoms with Gasteiger partial charge in [0.05, 0.1) is 23.6 Å². The van der Waals surface area contributed by atoms with Gasteiger partial charge in [-0.2, -0.15) is 0 Å². The third-order valence-corrected chi connectivity index (χ3v) is 6.88. The van der Waals surface area contributed by atoms with Crippen LogP contribution in [0.2, 0.25) is 0 Å². The van der Waals surface area contributed by atoms with Crippen LogP contribution in [0.5, 0.6) is 0 Å². The predicted molar refractivity (Wildman–Crippen MR) is 131 cm³/mol. The molecule has 11 heteroatoms. The van der Waals surface area contributed by atoms with Gasteiger partial charge in [-0.05, 0) is 35.0 Å². The van der Waals surface area contributed by atoms with E-state index in [2.05, 4.69) is 20.2 Å². The molecule has 0 bridgehead atoms. The zero-order valence-electron chi connectivity index (χ0n) is 20.6. The van der Waals surface area contributed by atoms with Crippen molar-refractivity contribution in [2.75, 3.05) is 6.54 Å². The molecule has 190 valence electrons. The highest BCUT2D eigenvalue weighted by molar-refractivity contribution is 7.09. The lowest BCUT2D eigenvalue weighted by molar-refractivity contribution is -0.144. The molecular weight excluding hydrogens is 470 g/mol. The van der Waals surface area contributed by atoms with Crippen LogP contribution in [0.4, 0.5) is 0 Å². The number of β-amino-alcohol motifs (C(OH)–C–C–N with tert-alkyl or cyclic N) is 1. The van der Waals surface area contributed by atoms with E-state index >= 15 is 0 Å². The highest BCUT2D eigenvalue weighted by Gasteiger charge is 2.44. The van der Waals surface area contributed by atoms with Crippen molar-refractivity contribution in [3.05, 3.63) is 35.5 Å². The molecule has 1 aliphatic rings. The average molecular weight is 504 g/mol. The molecule has 0 spiro atoms. The topological polar surface area (TPSA) is 145 Å². The summed E-state index contributed by atoms with van der Waals surface area (Å²) < 4.78 is 3.88. The lowest BCUT2D eigenvalue weighted by Gasteiger charge is -2.35. The van der Waals surface area contributed by atoms with Gasteiger partial charge in [-0.1, -0.05) is 49.5 Å². The third-order valence-electron chi connectivity index (χ3n) is 6.06. The number of nitrogens with one attached hydrogen (secondary N) is 2. The molecule has 35 heavy (non-hydrogen) atoms. The molecule has 0 aliphatic carbocycles. The van der Waals surface area contributed by atoms with E-state index in [1.807, 2.05) is 52.0 Å². The van der Waals surface area contributed by atoms with E-state index in [1.54, 1.807) is 0 Å². The van der Waals surface area contributed by atoms with E-state index in [-0.39, 0.29) is 43.3 Å². The van der Waals surface area contributed by atoms with Crippen molar-refractivity contribution in [3.63, 3.8) is 0 Å². The zero-order valence-corrected chi connectivity index (χ0v) is 21.4. The molecule has 4 N–H and O–H groups in total. The molecular formula is C24H33N5O5S. The highest BCUT2D eigenvalue weighted by Crippen LogP contribution is 2.29. The van der Waals surface area contributed by atoms with Crippen molar-refractivity contribution in [3.8, 4) is 10.4 Å². The fraction of sp³-hybridized carbons (Fsp3) is 0.542. The molecule has 1 aliphatic heterocycles. The van der Waals surface area contributed by atoms with Gasteiger partial charge in [-0.25, -0.2) is 0 Å². The molecule has 3 amide bonds. The summed E-state index contributed by atoms with van der Waals surface area (Å²) in [5, 5.41) is 29.2. The Morgan fingerprint density at radius 3 is 2.43 bits per heavy atom. The third kappa shape index (κ3) is 6.22. The van der Waals surface area contributed by atoms with Crippen LogP contribution in [-0.4, -0.2) is 67.2 Å². The summed E-state index contributed by atoms with van der Waals surface area (Å²) in [6, 6.07) is 5.49. The van der Waals surface area contributed by atoms with E-state index in [4.69, 9.17) is 0 Å². The van der Waals surface area contributed by atoms with Gasteiger partial charge in [-0.3, -0.25) is 14.4 Å². The lowest BCUT2D eigenvalue weighted by Crippen LogP contribution is -2.57. The van der Waals surface area contributed by atoms with E-state index < -0.39 is 23.6 Å². The number of aromatic nitrogens is 2. The zero-order chi connectivity index (χ0) is 25.9. The summed E-state index contributed by atoms with van der Waals surface area (Å²) in [5.74, 6) is -1.09. The number of hydrogen-bond donors (Lipinski definition) is 4. The molecule has 2 aromatic rings. The Balaban J connectivity index is 1.72. The SMILES string of the molecule is CC(=O)N[C@H](C(=O)N1C[C@H](O)C[C@H]1C(=O)N[C@@H](C)c1ccc(-c2snnc2CO)cc1)C(C)(C)C. The number of carbonyl (C=O) groups is 3. The predicted octanol–water partition coefficient (Wildman–Crippen LogP) is 1.39. The molecule has 2 heterocycles. The van der Waals surface area contributed by atoms with Crippen LogP contribution in [0.1, 0.15) is 58.3 Å². The Morgan fingerprint density at radius 1 is 1.20 bits per heavy atom. The number of benzene rings is 1. The second-order valence-corrected chi connectivity index (χ2v) is 10.7. The number of amides is 3. The fourth-order valence-corrected chi connectivity index (χ4v) is 4.84. The molecule has 1 fully saturated rings. The monoisotopic (exact) mass is 503 g/mol. The van der Waals surface area contributed by atoms with Gasteiger partial charge in [0.15, 0.2) is 0 Å². The summed E-state index contributed by atoms with van der Waals surface area (Å²) >= 11 is 1.20. The van der Waals surface area contributed by atoms with Crippen LogP contribution in [0.3, 0.4) is 0 Å². The van der Waals surface area contributed by atoms with Gasteiger partial charge in [0, 0.05) is 19.9 Å². The van der Waals surface area contributed by atoms with Crippen LogP contribution in [0, 0.1) is 5.41 Å². The second kappa shape index (κ2) is 10.8. The minimum Gasteiger partial charge on any atom is -0.391 e. The van der Waals surface area contributed by atoms with Gasteiger partial charge in [-0.15, -0.1) is 5.10 Å². The molecule has 1 aromatic heterocycles. The maximum atomic E-state index is 13.3.